The molecule has 1 fully saturated rings. The van der Waals surface area contributed by atoms with E-state index >= 15 is 0 Å². The predicted molar refractivity (Wildman–Crippen MR) is 132 cm³/mol. The van der Waals surface area contributed by atoms with Gasteiger partial charge in [0, 0.05) is 50.5 Å². The van der Waals surface area contributed by atoms with Gasteiger partial charge in [0.1, 0.15) is 12.1 Å². The van der Waals surface area contributed by atoms with Crippen LogP contribution in [0.25, 0.3) is 22.9 Å². The summed E-state index contributed by atoms with van der Waals surface area (Å²) in [7, 11) is 1.61. The van der Waals surface area contributed by atoms with Crippen molar-refractivity contribution in [3.8, 4) is 11.4 Å². The third kappa shape index (κ3) is 4.56. The topological polar surface area (TPSA) is 132 Å². The van der Waals surface area contributed by atoms with Crippen LogP contribution in [0.5, 0.6) is 5.75 Å². The zero-order chi connectivity index (χ0) is 25.1. The Morgan fingerprint density at radius 1 is 1.08 bits per heavy atom. The van der Waals surface area contributed by atoms with Crippen LogP contribution in [0, 0.1) is 10.1 Å². The number of hydrogen-bond acceptors (Lipinski definition) is 9. The van der Waals surface area contributed by atoms with Crippen LogP contribution >= 0.6 is 0 Å². The Morgan fingerprint density at radius 3 is 2.58 bits per heavy atom. The molecule has 0 spiro atoms. The number of aromatic nitrogens is 5. The monoisotopic (exact) mass is 486 g/mol. The molecule has 1 aliphatic heterocycles. The Balaban J connectivity index is 1.27. The van der Waals surface area contributed by atoms with Crippen molar-refractivity contribution in [2.75, 3.05) is 38.2 Å². The maximum absolute atomic E-state index is 12.7. The summed E-state index contributed by atoms with van der Waals surface area (Å²) in [6.45, 7) is 2.18. The number of anilines is 1. The molecule has 2 aromatic heterocycles. The number of amides is 1. The Labute approximate surface area is 205 Å². The molecule has 5 rings (SSSR count). The predicted octanol–water partition coefficient (Wildman–Crippen LogP) is 2.49. The fourth-order valence-electron chi connectivity index (χ4n) is 4.00. The fraction of sp³-hybridized carbons (Fsp3) is 0.208. The SMILES string of the molecule is COc1cccc(-n2nnc3c(N4CCN(C(=O)/C=C\c5ccc([N+](=O)[O-])cc5)CC4)ncnc32)c1. The highest BCUT2D eigenvalue weighted by Crippen LogP contribution is 2.25. The molecule has 36 heavy (non-hydrogen) atoms. The second kappa shape index (κ2) is 9.78. The summed E-state index contributed by atoms with van der Waals surface area (Å²) in [5.41, 5.74) is 2.67. The summed E-state index contributed by atoms with van der Waals surface area (Å²) in [5, 5.41) is 19.4. The summed E-state index contributed by atoms with van der Waals surface area (Å²) in [5.74, 6) is 1.25. The highest BCUT2D eigenvalue weighted by molar-refractivity contribution is 5.92. The van der Waals surface area contributed by atoms with E-state index in [-0.39, 0.29) is 11.6 Å². The van der Waals surface area contributed by atoms with Crippen LogP contribution in [0.4, 0.5) is 11.5 Å². The second-order valence-corrected chi connectivity index (χ2v) is 8.07. The lowest BCUT2D eigenvalue weighted by atomic mass is 10.2. The van der Waals surface area contributed by atoms with Gasteiger partial charge in [-0.2, -0.15) is 4.68 Å². The number of ether oxygens (including phenoxy) is 1. The van der Waals surface area contributed by atoms with Crippen molar-refractivity contribution in [2.45, 2.75) is 0 Å². The fourth-order valence-corrected chi connectivity index (χ4v) is 4.00. The van der Waals surface area contributed by atoms with Gasteiger partial charge >= 0.3 is 0 Å². The normalized spacial score (nSPS) is 13.9. The molecule has 182 valence electrons. The third-order valence-electron chi connectivity index (χ3n) is 5.93. The number of nitro groups is 1. The number of carbonyl (C=O) groups excluding carboxylic acids is 1. The minimum Gasteiger partial charge on any atom is -0.497 e. The number of hydrogen-bond donors (Lipinski definition) is 0. The van der Waals surface area contributed by atoms with E-state index < -0.39 is 4.92 Å². The van der Waals surface area contributed by atoms with E-state index in [2.05, 4.69) is 25.2 Å². The Kier molecular flexibility index (Phi) is 6.22. The van der Waals surface area contributed by atoms with E-state index in [1.807, 2.05) is 24.3 Å². The van der Waals surface area contributed by atoms with Crippen molar-refractivity contribution in [3.63, 3.8) is 0 Å². The number of nitrogens with zero attached hydrogens (tertiary/aromatic N) is 8. The molecule has 1 aliphatic rings. The number of piperazine rings is 1. The van der Waals surface area contributed by atoms with Crippen LogP contribution in [0.3, 0.4) is 0 Å². The minimum atomic E-state index is -0.455. The van der Waals surface area contributed by atoms with Gasteiger partial charge in [-0.3, -0.25) is 14.9 Å². The smallest absolute Gasteiger partial charge is 0.269 e. The van der Waals surface area contributed by atoms with Crippen molar-refractivity contribution in [2.24, 2.45) is 0 Å². The zero-order valence-corrected chi connectivity index (χ0v) is 19.4. The van der Waals surface area contributed by atoms with E-state index in [9.17, 15) is 14.9 Å². The average molecular weight is 486 g/mol. The van der Waals surface area contributed by atoms with E-state index in [1.165, 1.54) is 24.5 Å². The lowest BCUT2D eigenvalue weighted by molar-refractivity contribution is -0.384. The molecule has 4 aromatic rings. The molecular formula is C24H22N8O4. The summed E-state index contributed by atoms with van der Waals surface area (Å²) < 4.78 is 6.95. The molecule has 3 heterocycles. The number of nitro benzene ring substituents is 1. The standard InChI is InChI=1S/C24H22N8O4/c1-36-20-4-2-3-19(15-20)31-24-22(27-28-31)23(25-16-26-24)30-13-11-29(12-14-30)21(33)10-7-17-5-8-18(9-6-17)32(34)35/h2-10,15-16H,11-14H2,1H3/b10-7-. The first-order valence-electron chi connectivity index (χ1n) is 11.2. The Morgan fingerprint density at radius 2 is 1.86 bits per heavy atom. The zero-order valence-electron chi connectivity index (χ0n) is 19.4. The maximum atomic E-state index is 12.7. The summed E-state index contributed by atoms with van der Waals surface area (Å²) in [4.78, 5) is 35.6. The first-order chi connectivity index (χ1) is 17.5. The first-order valence-corrected chi connectivity index (χ1v) is 11.2. The summed E-state index contributed by atoms with van der Waals surface area (Å²) in [6.07, 6.45) is 4.63. The molecule has 12 heteroatoms. The van der Waals surface area contributed by atoms with E-state index in [0.29, 0.717) is 48.9 Å². The summed E-state index contributed by atoms with van der Waals surface area (Å²) in [6, 6.07) is 13.5. The first kappa shape index (κ1) is 22.9. The lowest BCUT2D eigenvalue weighted by Crippen LogP contribution is -2.48. The van der Waals surface area contributed by atoms with Crippen molar-refractivity contribution in [1.29, 1.82) is 0 Å². The van der Waals surface area contributed by atoms with Gasteiger partial charge in [0.05, 0.1) is 17.7 Å². The van der Waals surface area contributed by atoms with Crippen molar-refractivity contribution in [3.05, 3.63) is 76.6 Å². The van der Waals surface area contributed by atoms with Crippen LogP contribution in [-0.4, -0.2) is 74.0 Å². The molecule has 0 radical (unpaired) electrons. The molecule has 2 aromatic carbocycles. The second-order valence-electron chi connectivity index (χ2n) is 8.07. The van der Waals surface area contributed by atoms with Gasteiger partial charge in [-0.15, -0.1) is 5.10 Å². The molecule has 0 saturated carbocycles. The molecule has 1 amide bonds. The Bertz CT molecular complexity index is 1440. The van der Waals surface area contributed by atoms with Gasteiger partial charge in [-0.1, -0.05) is 11.3 Å². The number of non-ortho nitro benzene ring substituents is 1. The number of methoxy groups -OCH3 is 1. The van der Waals surface area contributed by atoms with Crippen molar-refractivity contribution in [1.82, 2.24) is 29.9 Å². The molecule has 0 unspecified atom stereocenters. The largest absolute Gasteiger partial charge is 0.497 e. The highest BCUT2D eigenvalue weighted by atomic mass is 16.6. The highest BCUT2D eigenvalue weighted by Gasteiger charge is 2.24. The minimum absolute atomic E-state index is 0.0111. The molecule has 1 saturated heterocycles. The lowest BCUT2D eigenvalue weighted by Gasteiger charge is -2.34. The van der Waals surface area contributed by atoms with Gasteiger partial charge in [-0.05, 0) is 35.9 Å². The average Bonchev–Trinajstić information content (AvgIpc) is 3.36. The summed E-state index contributed by atoms with van der Waals surface area (Å²) >= 11 is 0. The van der Waals surface area contributed by atoms with Crippen LogP contribution < -0.4 is 9.64 Å². The van der Waals surface area contributed by atoms with Crippen LogP contribution in [-0.2, 0) is 4.79 Å². The van der Waals surface area contributed by atoms with E-state index in [0.717, 1.165) is 11.3 Å². The Hall–Kier alpha value is -4.87. The van der Waals surface area contributed by atoms with Crippen molar-refractivity contribution >= 4 is 34.7 Å². The number of carbonyl (C=O) groups is 1. The van der Waals surface area contributed by atoms with E-state index in [1.54, 1.807) is 34.9 Å². The molecule has 0 aliphatic carbocycles. The third-order valence-corrected chi connectivity index (χ3v) is 5.93. The van der Waals surface area contributed by atoms with Gasteiger partial charge in [-0.25, -0.2) is 9.97 Å². The van der Waals surface area contributed by atoms with Gasteiger partial charge in [0.25, 0.3) is 5.69 Å². The molecule has 0 N–H and O–H groups in total. The van der Waals surface area contributed by atoms with Crippen LogP contribution in [0.2, 0.25) is 0 Å². The number of rotatable bonds is 6. The molecular weight excluding hydrogens is 464 g/mol. The van der Waals surface area contributed by atoms with Gasteiger partial charge < -0.3 is 14.5 Å². The molecule has 12 nitrogen and oxygen atoms in total. The van der Waals surface area contributed by atoms with Gasteiger partial charge in [0.2, 0.25) is 5.91 Å². The van der Waals surface area contributed by atoms with E-state index in [4.69, 9.17) is 4.74 Å². The number of benzene rings is 2. The molecule has 0 atom stereocenters. The van der Waals surface area contributed by atoms with Crippen molar-refractivity contribution < 1.29 is 14.5 Å². The van der Waals surface area contributed by atoms with Crippen LogP contribution in [0.15, 0.2) is 60.9 Å². The maximum Gasteiger partial charge on any atom is 0.269 e. The van der Waals surface area contributed by atoms with Gasteiger partial charge in [0.15, 0.2) is 17.0 Å². The van der Waals surface area contributed by atoms with Crippen LogP contribution in [0.1, 0.15) is 5.56 Å². The molecule has 0 bridgehead atoms. The number of fused-ring (bicyclic) bond motifs is 1. The quantitative estimate of drug-likeness (QED) is 0.229.